The van der Waals surface area contributed by atoms with Crippen molar-refractivity contribution in [2.45, 2.75) is 56.7 Å². The minimum Gasteiger partial charge on any atom is -0.480 e. The SMILES string of the molecule is CC(CCCC(=O)N1C[C@H](O)C[C@H]1C(=O)O)NC(=O)OCC1c2ccccc2-c2ccccc21. The minimum absolute atomic E-state index is 0.0101. The zero-order valence-electron chi connectivity index (χ0n) is 19.1. The second kappa shape index (κ2) is 10.3. The number of β-amino-alcohol motifs (C(OH)–C–C–N with tert-alkyl or cyclic N) is 1. The highest BCUT2D eigenvalue weighted by Gasteiger charge is 2.38. The molecule has 1 heterocycles. The summed E-state index contributed by atoms with van der Waals surface area (Å²) < 4.78 is 5.55. The van der Waals surface area contributed by atoms with Gasteiger partial charge in [-0.05, 0) is 42.0 Å². The second-order valence-corrected chi connectivity index (χ2v) is 9.05. The van der Waals surface area contributed by atoms with Gasteiger partial charge >= 0.3 is 12.1 Å². The number of alkyl carbamates (subject to hydrolysis) is 1. The number of nitrogens with one attached hydrogen (secondary N) is 1. The molecule has 3 atom stereocenters. The van der Waals surface area contributed by atoms with E-state index in [2.05, 4.69) is 29.6 Å². The lowest BCUT2D eigenvalue weighted by Crippen LogP contribution is -2.40. The molecule has 180 valence electrons. The van der Waals surface area contributed by atoms with Crippen molar-refractivity contribution < 1.29 is 29.3 Å². The maximum Gasteiger partial charge on any atom is 0.407 e. The molecule has 1 aliphatic heterocycles. The van der Waals surface area contributed by atoms with Crippen LogP contribution in [0.25, 0.3) is 11.1 Å². The molecule has 0 bridgehead atoms. The first kappa shape index (κ1) is 23.8. The Morgan fingerprint density at radius 1 is 1.09 bits per heavy atom. The Morgan fingerprint density at radius 3 is 2.32 bits per heavy atom. The molecule has 34 heavy (non-hydrogen) atoms. The number of likely N-dealkylation sites (tertiary alicyclic amines) is 1. The van der Waals surface area contributed by atoms with Crippen molar-refractivity contribution in [3.05, 3.63) is 59.7 Å². The number of amides is 2. The number of hydrogen-bond acceptors (Lipinski definition) is 5. The van der Waals surface area contributed by atoms with E-state index in [0.29, 0.717) is 12.8 Å². The third-order valence-corrected chi connectivity index (χ3v) is 6.62. The lowest BCUT2D eigenvalue weighted by atomic mass is 9.98. The second-order valence-electron chi connectivity index (χ2n) is 9.05. The van der Waals surface area contributed by atoms with Gasteiger partial charge in [0.25, 0.3) is 0 Å². The van der Waals surface area contributed by atoms with Crippen molar-refractivity contribution in [1.29, 1.82) is 0 Å². The van der Waals surface area contributed by atoms with Crippen LogP contribution in [0.4, 0.5) is 4.79 Å². The Bertz CT molecular complexity index is 1030. The van der Waals surface area contributed by atoms with E-state index < -0.39 is 24.2 Å². The van der Waals surface area contributed by atoms with E-state index in [4.69, 9.17) is 4.74 Å². The molecule has 2 aliphatic rings. The summed E-state index contributed by atoms with van der Waals surface area (Å²) in [6.07, 6.45) is -0.0609. The number of carboxylic acids is 1. The number of fused-ring (bicyclic) bond motifs is 3. The monoisotopic (exact) mass is 466 g/mol. The van der Waals surface area contributed by atoms with Crippen molar-refractivity contribution in [3.63, 3.8) is 0 Å². The van der Waals surface area contributed by atoms with Crippen LogP contribution < -0.4 is 5.32 Å². The molecule has 0 radical (unpaired) electrons. The number of hydrogen-bond donors (Lipinski definition) is 3. The van der Waals surface area contributed by atoms with Gasteiger partial charge in [-0.1, -0.05) is 48.5 Å². The van der Waals surface area contributed by atoms with Gasteiger partial charge in [0.05, 0.1) is 6.10 Å². The summed E-state index contributed by atoms with van der Waals surface area (Å²) in [6.45, 7) is 2.12. The number of rotatable bonds is 8. The number of carbonyl (C=O) groups excluding carboxylic acids is 2. The van der Waals surface area contributed by atoms with Gasteiger partial charge in [-0.2, -0.15) is 0 Å². The fourth-order valence-corrected chi connectivity index (χ4v) is 4.94. The number of carboxylic acid groups (broad SMARTS) is 1. The van der Waals surface area contributed by atoms with Crippen LogP contribution in [0, 0.1) is 0 Å². The molecule has 3 N–H and O–H groups in total. The average molecular weight is 467 g/mol. The van der Waals surface area contributed by atoms with Crippen molar-refractivity contribution in [1.82, 2.24) is 10.2 Å². The van der Waals surface area contributed by atoms with Gasteiger partial charge in [-0.3, -0.25) is 4.79 Å². The van der Waals surface area contributed by atoms with E-state index >= 15 is 0 Å². The Kier molecular flexibility index (Phi) is 7.17. The van der Waals surface area contributed by atoms with Gasteiger partial charge in [0.2, 0.25) is 5.91 Å². The number of benzene rings is 2. The third kappa shape index (κ3) is 5.07. The summed E-state index contributed by atoms with van der Waals surface area (Å²) >= 11 is 0. The Hall–Kier alpha value is -3.39. The topological polar surface area (TPSA) is 116 Å². The van der Waals surface area contributed by atoms with Crippen molar-refractivity contribution in [2.75, 3.05) is 13.2 Å². The van der Waals surface area contributed by atoms with Crippen LogP contribution in [-0.2, 0) is 14.3 Å². The molecule has 1 aliphatic carbocycles. The van der Waals surface area contributed by atoms with Crippen LogP contribution in [0.15, 0.2) is 48.5 Å². The van der Waals surface area contributed by atoms with Crippen molar-refractivity contribution in [3.8, 4) is 11.1 Å². The highest BCUT2D eigenvalue weighted by Crippen LogP contribution is 2.44. The minimum atomic E-state index is -1.10. The van der Waals surface area contributed by atoms with Gasteiger partial charge in [-0.25, -0.2) is 9.59 Å². The fraction of sp³-hybridized carbons (Fsp3) is 0.423. The highest BCUT2D eigenvalue weighted by molar-refractivity contribution is 5.84. The Balaban J connectivity index is 1.23. The molecule has 2 amide bonds. The number of aliphatic hydroxyl groups is 1. The van der Waals surface area contributed by atoms with Gasteiger partial charge in [0, 0.05) is 31.3 Å². The van der Waals surface area contributed by atoms with Gasteiger partial charge in [-0.15, -0.1) is 0 Å². The molecule has 2 aromatic rings. The highest BCUT2D eigenvalue weighted by atomic mass is 16.5. The number of aliphatic carboxylic acids is 1. The molecule has 1 saturated heterocycles. The summed E-state index contributed by atoms with van der Waals surface area (Å²) in [5, 5.41) is 21.7. The van der Waals surface area contributed by atoms with Crippen LogP contribution in [0.3, 0.4) is 0 Å². The third-order valence-electron chi connectivity index (χ3n) is 6.62. The van der Waals surface area contributed by atoms with Crippen LogP contribution in [-0.4, -0.2) is 64.4 Å². The van der Waals surface area contributed by atoms with Crippen molar-refractivity contribution in [2.24, 2.45) is 0 Å². The van der Waals surface area contributed by atoms with Gasteiger partial charge in [0.15, 0.2) is 0 Å². The normalized spacial score (nSPS) is 19.9. The first-order valence-corrected chi connectivity index (χ1v) is 11.7. The molecular formula is C26H30N2O6. The first-order chi connectivity index (χ1) is 16.3. The molecule has 2 aromatic carbocycles. The molecular weight excluding hydrogens is 436 g/mol. The molecule has 1 fully saturated rings. The van der Waals surface area contributed by atoms with Gasteiger partial charge < -0.3 is 25.2 Å². The number of ether oxygens (including phenoxy) is 1. The van der Waals surface area contributed by atoms with E-state index in [1.165, 1.54) is 16.0 Å². The standard InChI is InChI=1S/C26H30N2O6/c1-16(7-6-12-24(30)28-14-17(29)13-23(28)25(31)32)27-26(33)34-15-22-20-10-4-2-8-18(20)19-9-3-5-11-21(19)22/h2-5,8-11,16-17,22-23,29H,6-7,12-15H2,1H3,(H,27,33)(H,31,32)/t16?,17-,23+/m1/s1. The number of aliphatic hydroxyl groups excluding tert-OH is 1. The van der Waals surface area contributed by atoms with Crippen LogP contribution in [0.1, 0.15) is 49.7 Å². The summed E-state index contributed by atoms with van der Waals surface area (Å²) in [5.41, 5.74) is 4.63. The van der Waals surface area contributed by atoms with E-state index in [-0.39, 0.29) is 43.9 Å². The van der Waals surface area contributed by atoms with E-state index in [0.717, 1.165) is 11.1 Å². The molecule has 0 aromatic heterocycles. The van der Waals surface area contributed by atoms with Crippen LogP contribution >= 0.6 is 0 Å². The number of nitrogens with zero attached hydrogens (tertiary/aromatic N) is 1. The molecule has 8 nitrogen and oxygen atoms in total. The van der Waals surface area contributed by atoms with E-state index in [1.807, 2.05) is 31.2 Å². The Labute approximate surface area is 198 Å². The van der Waals surface area contributed by atoms with E-state index in [1.54, 1.807) is 0 Å². The lowest BCUT2D eigenvalue weighted by Gasteiger charge is -2.21. The van der Waals surface area contributed by atoms with Crippen LogP contribution in [0.5, 0.6) is 0 Å². The maximum atomic E-state index is 12.4. The Morgan fingerprint density at radius 2 is 1.71 bits per heavy atom. The summed E-state index contributed by atoms with van der Waals surface area (Å²) in [7, 11) is 0. The number of carbonyl (C=O) groups is 3. The molecule has 1 unspecified atom stereocenters. The quantitative estimate of drug-likeness (QED) is 0.551. The predicted molar refractivity (Wildman–Crippen MR) is 125 cm³/mol. The molecule has 0 saturated carbocycles. The molecule has 4 rings (SSSR count). The smallest absolute Gasteiger partial charge is 0.407 e. The van der Waals surface area contributed by atoms with Crippen molar-refractivity contribution >= 4 is 18.0 Å². The molecule has 8 heteroatoms. The van der Waals surface area contributed by atoms with E-state index in [9.17, 15) is 24.6 Å². The summed E-state index contributed by atoms with van der Waals surface area (Å²) in [5.74, 6) is -1.41. The predicted octanol–water partition coefficient (Wildman–Crippen LogP) is 3.13. The average Bonchev–Trinajstić information content (AvgIpc) is 3.36. The molecule has 0 spiro atoms. The van der Waals surface area contributed by atoms with Crippen LogP contribution in [0.2, 0.25) is 0 Å². The maximum absolute atomic E-state index is 12.4. The zero-order chi connectivity index (χ0) is 24.2. The largest absolute Gasteiger partial charge is 0.480 e. The fourth-order valence-electron chi connectivity index (χ4n) is 4.94. The lowest BCUT2D eigenvalue weighted by molar-refractivity contribution is -0.148. The van der Waals surface area contributed by atoms with Gasteiger partial charge in [0.1, 0.15) is 12.6 Å². The summed E-state index contributed by atoms with van der Waals surface area (Å²) in [6, 6.07) is 15.1. The first-order valence-electron chi connectivity index (χ1n) is 11.7. The zero-order valence-corrected chi connectivity index (χ0v) is 19.1. The summed E-state index contributed by atoms with van der Waals surface area (Å²) in [4.78, 5) is 37.3.